The van der Waals surface area contributed by atoms with Gasteiger partial charge in [0.05, 0.1) is 16.3 Å². The number of carbonyl (C=O) groups is 1. The molecule has 1 amide bonds. The quantitative estimate of drug-likeness (QED) is 0.870. The summed E-state index contributed by atoms with van der Waals surface area (Å²) in [5.41, 5.74) is -0.0186. The van der Waals surface area contributed by atoms with E-state index in [0.717, 1.165) is 0 Å². The molecule has 1 saturated heterocycles. The predicted octanol–water partition coefficient (Wildman–Crippen LogP) is 1.74. The van der Waals surface area contributed by atoms with Crippen molar-refractivity contribution in [2.75, 3.05) is 19.3 Å². The molecule has 0 aliphatic carbocycles. The summed E-state index contributed by atoms with van der Waals surface area (Å²) in [6.07, 6.45) is 2.21. The van der Waals surface area contributed by atoms with Crippen LogP contribution in [0.3, 0.4) is 0 Å². The van der Waals surface area contributed by atoms with E-state index in [1.807, 2.05) is 0 Å². The van der Waals surface area contributed by atoms with Gasteiger partial charge in [0.2, 0.25) is 10.0 Å². The fourth-order valence-electron chi connectivity index (χ4n) is 2.27. The molecule has 0 atom stereocenters. The monoisotopic (exact) mass is 378 g/mol. The van der Waals surface area contributed by atoms with Crippen molar-refractivity contribution in [1.29, 1.82) is 0 Å². The van der Waals surface area contributed by atoms with Gasteiger partial charge >= 0.3 is 0 Å². The Kier molecular flexibility index (Phi) is 5.00. The second-order valence-electron chi connectivity index (χ2n) is 5.01. The molecule has 0 radical (unpaired) electrons. The summed E-state index contributed by atoms with van der Waals surface area (Å²) in [6, 6.07) is 4.39. The molecule has 1 fully saturated rings. The first-order valence-corrected chi connectivity index (χ1v) is 9.13. The summed E-state index contributed by atoms with van der Waals surface area (Å²) in [7, 11) is -3.19. The third kappa shape index (κ3) is 4.02. The molecular weight excluding hydrogens is 363 g/mol. The van der Waals surface area contributed by atoms with E-state index in [2.05, 4.69) is 21.2 Å². The number of nitrogens with one attached hydrogen (secondary N) is 1. The molecule has 2 rings (SSSR count). The van der Waals surface area contributed by atoms with Gasteiger partial charge in [-0.15, -0.1) is 0 Å². The van der Waals surface area contributed by atoms with E-state index in [4.69, 9.17) is 0 Å². The van der Waals surface area contributed by atoms with Crippen LogP contribution in [0.2, 0.25) is 0 Å². The van der Waals surface area contributed by atoms with Crippen molar-refractivity contribution in [1.82, 2.24) is 9.62 Å². The van der Waals surface area contributed by atoms with Gasteiger partial charge in [-0.3, -0.25) is 4.79 Å². The van der Waals surface area contributed by atoms with Crippen molar-refractivity contribution in [2.24, 2.45) is 0 Å². The Morgan fingerprint density at radius 1 is 1.38 bits per heavy atom. The number of hydrogen-bond donors (Lipinski definition) is 1. The first-order chi connectivity index (χ1) is 9.79. The van der Waals surface area contributed by atoms with E-state index in [1.54, 1.807) is 6.07 Å². The number of hydrogen-bond acceptors (Lipinski definition) is 3. The van der Waals surface area contributed by atoms with Crippen molar-refractivity contribution >= 4 is 31.9 Å². The smallest absolute Gasteiger partial charge is 0.254 e. The van der Waals surface area contributed by atoms with Gasteiger partial charge in [-0.1, -0.05) is 6.07 Å². The maximum absolute atomic E-state index is 13.8. The Balaban J connectivity index is 1.98. The zero-order valence-corrected chi connectivity index (χ0v) is 13.9. The van der Waals surface area contributed by atoms with Crippen LogP contribution in [0.4, 0.5) is 4.39 Å². The fraction of sp³-hybridized carbons (Fsp3) is 0.462. The molecule has 1 aliphatic rings. The summed E-state index contributed by atoms with van der Waals surface area (Å²) >= 11 is 3.04. The maximum Gasteiger partial charge on any atom is 0.254 e. The lowest BCUT2D eigenvalue weighted by Gasteiger charge is -2.30. The van der Waals surface area contributed by atoms with Gasteiger partial charge in [-0.2, -0.15) is 0 Å². The van der Waals surface area contributed by atoms with Gasteiger partial charge in [-0.05, 0) is 40.9 Å². The molecule has 0 aromatic heterocycles. The zero-order valence-electron chi connectivity index (χ0n) is 11.5. The first-order valence-electron chi connectivity index (χ1n) is 6.49. The van der Waals surface area contributed by atoms with Gasteiger partial charge in [0, 0.05) is 19.1 Å². The van der Waals surface area contributed by atoms with E-state index in [0.29, 0.717) is 25.9 Å². The minimum absolute atomic E-state index is 0.0186. The molecular formula is C13H16BrFN2O3S. The van der Waals surface area contributed by atoms with Crippen LogP contribution >= 0.6 is 15.9 Å². The molecule has 1 heterocycles. The number of rotatable bonds is 3. The van der Waals surface area contributed by atoms with Crippen LogP contribution in [-0.2, 0) is 10.0 Å². The SMILES string of the molecule is CS(=O)(=O)N1CCC(NC(=O)c2cccc(Br)c2F)CC1. The molecule has 21 heavy (non-hydrogen) atoms. The van der Waals surface area contributed by atoms with Gasteiger partial charge < -0.3 is 5.32 Å². The lowest BCUT2D eigenvalue weighted by Crippen LogP contribution is -2.46. The topological polar surface area (TPSA) is 66.5 Å². The molecule has 0 bridgehead atoms. The summed E-state index contributed by atoms with van der Waals surface area (Å²) in [4.78, 5) is 12.1. The highest BCUT2D eigenvalue weighted by molar-refractivity contribution is 9.10. The second-order valence-corrected chi connectivity index (χ2v) is 7.85. The number of sulfonamides is 1. The highest BCUT2D eigenvalue weighted by atomic mass is 79.9. The molecule has 5 nitrogen and oxygen atoms in total. The molecule has 1 N–H and O–H groups in total. The van der Waals surface area contributed by atoms with Crippen molar-refractivity contribution in [2.45, 2.75) is 18.9 Å². The van der Waals surface area contributed by atoms with Gasteiger partial charge in [0.1, 0.15) is 5.82 Å². The normalized spacial score (nSPS) is 17.7. The average molecular weight is 379 g/mol. The van der Waals surface area contributed by atoms with Crippen LogP contribution in [0.25, 0.3) is 0 Å². The second kappa shape index (κ2) is 6.41. The first kappa shape index (κ1) is 16.4. The number of amides is 1. The average Bonchev–Trinajstić information content (AvgIpc) is 2.41. The minimum Gasteiger partial charge on any atom is -0.349 e. The van der Waals surface area contributed by atoms with Crippen molar-refractivity contribution in [3.05, 3.63) is 34.1 Å². The van der Waals surface area contributed by atoms with Crippen molar-refractivity contribution in [3.8, 4) is 0 Å². The van der Waals surface area contributed by atoms with Crippen molar-refractivity contribution < 1.29 is 17.6 Å². The highest BCUT2D eigenvalue weighted by Gasteiger charge is 2.26. The molecule has 1 aromatic carbocycles. The Morgan fingerprint density at radius 3 is 2.57 bits per heavy atom. The minimum atomic E-state index is -3.19. The zero-order chi connectivity index (χ0) is 15.6. The fourth-order valence-corrected chi connectivity index (χ4v) is 3.51. The number of carbonyl (C=O) groups excluding carboxylic acids is 1. The maximum atomic E-state index is 13.8. The van der Waals surface area contributed by atoms with E-state index in [9.17, 15) is 17.6 Å². The standard InChI is InChI=1S/C13H16BrFN2O3S/c1-21(19,20)17-7-5-9(6-8-17)16-13(18)10-3-2-4-11(14)12(10)15/h2-4,9H,5-8H2,1H3,(H,16,18). The number of piperidine rings is 1. The third-order valence-electron chi connectivity index (χ3n) is 3.45. The molecule has 0 unspecified atom stereocenters. The summed E-state index contributed by atoms with van der Waals surface area (Å²) in [6.45, 7) is 0.732. The molecule has 0 spiro atoms. The lowest BCUT2D eigenvalue weighted by molar-refractivity contribution is 0.0919. The Morgan fingerprint density at radius 2 is 2.00 bits per heavy atom. The van der Waals surface area contributed by atoms with Crippen LogP contribution in [-0.4, -0.2) is 44.0 Å². The summed E-state index contributed by atoms with van der Waals surface area (Å²) < 4.78 is 38.3. The van der Waals surface area contributed by atoms with E-state index in [1.165, 1.54) is 22.7 Å². The molecule has 8 heteroatoms. The van der Waals surface area contributed by atoms with Crippen molar-refractivity contribution in [3.63, 3.8) is 0 Å². The van der Waals surface area contributed by atoms with E-state index < -0.39 is 21.7 Å². The Bertz CT molecular complexity index is 643. The van der Waals surface area contributed by atoms with E-state index in [-0.39, 0.29) is 16.1 Å². The molecule has 116 valence electrons. The van der Waals surface area contributed by atoms with Crippen LogP contribution in [0.15, 0.2) is 22.7 Å². The van der Waals surface area contributed by atoms with Gasteiger partial charge in [0.15, 0.2) is 0 Å². The number of benzene rings is 1. The van der Waals surface area contributed by atoms with Crippen LogP contribution in [0.5, 0.6) is 0 Å². The Labute approximate surface area is 131 Å². The van der Waals surface area contributed by atoms with Crippen LogP contribution in [0, 0.1) is 5.82 Å². The van der Waals surface area contributed by atoms with Gasteiger partial charge in [0.25, 0.3) is 5.91 Å². The largest absolute Gasteiger partial charge is 0.349 e. The molecule has 1 aromatic rings. The van der Waals surface area contributed by atoms with E-state index >= 15 is 0 Å². The summed E-state index contributed by atoms with van der Waals surface area (Å²) in [5.74, 6) is -1.07. The van der Waals surface area contributed by atoms with Crippen LogP contribution < -0.4 is 5.32 Å². The molecule has 1 aliphatic heterocycles. The van der Waals surface area contributed by atoms with Crippen LogP contribution in [0.1, 0.15) is 23.2 Å². The number of halogens is 2. The third-order valence-corrected chi connectivity index (χ3v) is 5.37. The highest BCUT2D eigenvalue weighted by Crippen LogP contribution is 2.19. The predicted molar refractivity (Wildman–Crippen MR) is 81.0 cm³/mol. The number of nitrogens with zero attached hydrogens (tertiary/aromatic N) is 1. The molecule has 0 saturated carbocycles. The lowest BCUT2D eigenvalue weighted by atomic mass is 10.1. The van der Waals surface area contributed by atoms with Gasteiger partial charge in [-0.25, -0.2) is 17.1 Å². The summed E-state index contributed by atoms with van der Waals surface area (Å²) in [5, 5.41) is 2.75. The Hall–Kier alpha value is -0.990.